The number of aliphatic hydroxyl groups excluding tert-OH is 6. The third kappa shape index (κ3) is 35.9. The molecule has 18 nitrogen and oxygen atoms in total. The highest BCUT2D eigenvalue weighted by Crippen LogP contribution is 2.61. The van der Waals surface area contributed by atoms with Crippen molar-refractivity contribution >= 4 is 21.6 Å². The van der Waals surface area contributed by atoms with Gasteiger partial charge in [-0.3, -0.25) is 13.8 Å². The van der Waals surface area contributed by atoms with Gasteiger partial charge in [0.2, 0.25) is 5.91 Å². The van der Waals surface area contributed by atoms with E-state index < -0.39 is 103 Å². The first-order chi connectivity index (χ1) is 42.0. The molecule has 0 aromatic rings. The quantitative estimate of drug-likeness (QED) is 0.0203. The number of nitrogens with one attached hydrogen (secondary N) is 1. The van der Waals surface area contributed by atoms with Crippen LogP contribution in [0.2, 0.25) is 0 Å². The lowest BCUT2D eigenvalue weighted by molar-refractivity contribution is -0.340. The number of hydrogen-bond donors (Lipinski definition) is 9. The lowest BCUT2D eigenvalue weighted by Gasteiger charge is -2.47. The fourth-order valence-electron chi connectivity index (χ4n) is 10.1. The summed E-state index contributed by atoms with van der Waals surface area (Å²) in [5.41, 5.74) is 15.1. The molecule has 9 N–H and O–H groups in total. The number of carbonyl (C=O) groups is 1. The summed E-state index contributed by atoms with van der Waals surface area (Å²) in [5.74, 6) is -0.820. The minimum absolute atomic E-state index is 0.480. The molecule has 2 saturated heterocycles. The largest absolute Gasteiger partial charge is 0.483 e. The Balaban J connectivity index is 1.70. The maximum atomic E-state index is 13.1. The molecule has 0 bridgehead atoms. The van der Waals surface area contributed by atoms with Gasteiger partial charge in [-0.25, -0.2) is 9.13 Å². The standard InChI is InChI=1S/C69H115NO17P2/c1-48(2)24-14-25-49(3)26-15-27-50(4)28-16-29-51(5)30-17-31-52(6)32-18-33-53(7)34-19-35-54(8)36-20-37-55(9)38-21-39-56(10)40-22-41-57(11)42-23-43-58(12)44-45-82-88(78,79)87-89(80,81)86-68-62(70-59(13)73)67(64(75)61(47-72)83-68)85-69-66(77)65(76)63(74)60(46-71)84-69/h24,26,28,30,32,34,36,38,40,42,44,60-69,71-72,74-77H,14-23,25,27,29,31,33,35,37,39,41,43,45-47H2,1-13H3,(H,70,73)(H,78,79)(H,80,81)/b49-26+,50-28+,51-30-,52-32-,53-34-,54-36-,55-38-,56-40-,57-42-,58-44-/t60-,61-,62-,63+,64-,65+,66-,67-,68-,69+/m1/s1. The smallest absolute Gasteiger partial charge is 0.394 e. The van der Waals surface area contributed by atoms with Crippen LogP contribution in [-0.2, 0) is 41.5 Å². The molecular weight excluding hydrogens is 1180 g/mol. The normalized spacial score (nSPS) is 25.7. The highest BCUT2D eigenvalue weighted by molar-refractivity contribution is 7.61. The molecule has 0 aromatic heterocycles. The molecule has 0 saturated carbocycles. The number of aliphatic hydroxyl groups is 6. The second-order valence-electron chi connectivity index (χ2n) is 24.8. The third-order valence-corrected chi connectivity index (χ3v) is 18.5. The second-order valence-corrected chi connectivity index (χ2v) is 27.8. The Morgan fingerprint density at radius 3 is 1.03 bits per heavy atom. The van der Waals surface area contributed by atoms with Crippen molar-refractivity contribution in [2.45, 2.75) is 280 Å². The maximum Gasteiger partial charge on any atom is 0.483 e. The average molecular weight is 1290 g/mol. The summed E-state index contributed by atoms with van der Waals surface area (Å²) in [7, 11) is -10.9. The topological polar surface area (TPSA) is 280 Å². The Hall–Kier alpha value is -3.49. The van der Waals surface area contributed by atoms with Gasteiger partial charge in [0.25, 0.3) is 0 Å². The van der Waals surface area contributed by atoms with E-state index in [0.717, 1.165) is 128 Å². The van der Waals surface area contributed by atoms with Crippen LogP contribution >= 0.6 is 15.6 Å². The van der Waals surface area contributed by atoms with Gasteiger partial charge in [-0.1, -0.05) is 128 Å². The molecule has 2 aliphatic heterocycles. The molecule has 1 amide bonds. The zero-order valence-corrected chi connectivity index (χ0v) is 57.8. The van der Waals surface area contributed by atoms with E-state index in [9.17, 15) is 54.4 Å². The van der Waals surface area contributed by atoms with Crippen LogP contribution in [0.15, 0.2) is 128 Å². The number of amides is 1. The highest BCUT2D eigenvalue weighted by Gasteiger charge is 2.53. The zero-order valence-electron chi connectivity index (χ0n) is 56.0. The number of ether oxygens (including phenoxy) is 3. The number of phosphoric ester groups is 2. The Labute approximate surface area is 534 Å². The summed E-state index contributed by atoms with van der Waals surface area (Å²) in [4.78, 5) is 33.2. The van der Waals surface area contributed by atoms with Gasteiger partial charge in [0.15, 0.2) is 12.6 Å². The molecule has 2 unspecified atom stereocenters. The van der Waals surface area contributed by atoms with Crippen LogP contribution < -0.4 is 5.32 Å². The van der Waals surface area contributed by atoms with Gasteiger partial charge >= 0.3 is 15.6 Å². The first kappa shape index (κ1) is 81.6. The first-order valence-corrected chi connectivity index (χ1v) is 35.0. The lowest BCUT2D eigenvalue weighted by atomic mass is 9.95. The lowest BCUT2D eigenvalue weighted by Crippen LogP contribution is -2.68. The predicted molar refractivity (Wildman–Crippen MR) is 355 cm³/mol. The van der Waals surface area contributed by atoms with E-state index in [0.29, 0.717) is 12.8 Å². The van der Waals surface area contributed by atoms with Crippen molar-refractivity contribution in [3.05, 3.63) is 128 Å². The molecule has 0 aromatic carbocycles. The van der Waals surface area contributed by atoms with Crippen molar-refractivity contribution in [3.63, 3.8) is 0 Å². The van der Waals surface area contributed by atoms with Crippen molar-refractivity contribution in [1.29, 1.82) is 0 Å². The van der Waals surface area contributed by atoms with Gasteiger partial charge in [0, 0.05) is 6.92 Å². The van der Waals surface area contributed by atoms with Crippen molar-refractivity contribution in [2.75, 3.05) is 19.8 Å². The molecule has 508 valence electrons. The Kier molecular flexibility index (Phi) is 40.5. The monoisotopic (exact) mass is 1290 g/mol. The number of phosphoric acid groups is 2. The van der Waals surface area contributed by atoms with Crippen LogP contribution in [0.25, 0.3) is 0 Å². The van der Waals surface area contributed by atoms with E-state index in [4.69, 9.17) is 23.3 Å². The van der Waals surface area contributed by atoms with Crippen LogP contribution in [0.3, 0.4) is 0 Å². The van der Waals surface area contributed by atoms with Crippen LogP contribution in [0.4, 0.5) is 0 Å². The number of hydrogen-bond acceptors (Lipinski definition) is 15. The molecule has 2 rings (SSSR count). The molecular formula is C69H115NO17P2. The summed E-state index contributed by atoms with van der Waals surface area (Å²) in [6, 6.07) is -1.76. The van der Waals surface area contributed by atoms with Crippen LogP contribution in [0.5, 0.6) is 0 Å². The molecule has 0 radical (unpaired) electrons. The van der Waals surface area contributed by atoms with Crippen LogP contribution in [-0.4, -0.2) is 128 Å². The first-order valence-electron chi connectivity index (χ1n) is 32.0. The molecule has 2 fully saturated rings. The van der Waals surface area contributed by atoms with E-state index >= 15 is 0 Å². The van der Waals surface area contributed by atoms with Crippen LogP contribution in [0, 0.1) is 0 Å². The fraction of sp³-hybridized carbons (Fsp3) is 0.667. The second kappa shape index (κ2) is 44.2. The van der Waals surface area contributed by atoms with E-state index in [1.54, 1.807) is 6.92 Å². The minimum atomic E-state index is -5.64. The highest BCUT2D eigenvalue weighted by atomic mass is 31.3. The van der Waals surface area contributed by atoms with E-state index in [2.05, 4.69) is 147 Å². The molecule has 2 heterocycles. The van der Waals surface area contributed by atoms with E-state index in [-0.39, 0.29) is 0 Å². The van der Waals surface area contributed by atoms with Gasteiger partial charge in [0.05, 0.1) is 19.8 Å². The third-order valence-electron chi connectivity index (χ3n) is 15.9. The summed E-state index contributed by atoms with van der Waals surface area (Å²) in [5, 5.41) is 63.7. The number of allylic oxidation sites excluding steroid dienone is 21. The molecule has 0 aliphatic carbocycles. The van der Waals surface area contributed by atoms with Crippen molar-refractivity contribution in [2.24, 2.45) is 0 Å². The minimum Gasteiger partial charge on any atom is -0.394 e. The van der Waals surface area contributed by atoms with Gasteiger partial charge in [-0.15, -0.1) is 0 Å². The summed E-state index contributed by atoms with van der Waals surface area (Å²) < 4.78 is 56.8. The predicted octanol–water partition coefficient (Wildman–Crippen LogP) is 14.2. The van der Waals surface area contributed by atoms with Gasteiger partial charge < -0.3 is 60.0 Å². The maximum absolute atomic E-state index is 13.1. The molecule has 2 aliphatic rings. The Morgan fingerprint density at radius 1 is 0.416 bits per heavy atom. The Morgan fingerprint density at radius 2 is 0.719 bits per heavy atom. The van der Waals surface area contributed by atoms with Crippen molar-refractivity contribution in [3.8, 4) is 0 Å². The molecule has 0 spiro atoms. The molecule has 12 atom stereocenters. The SMILES string of the molecule is CC(=O)N[C@H]1[C@@H](OP(=O)(O)OP(=O)(O)OC/C=C(/C)CC/C=C(/C)CC/C=C(/C)CC/C=C(/C)CC/C=C(/C)CC/C=C(/C)CC/C=C(/C)CC/C=C(/C)CC/C=C(\C)CC/C=C(\C)CCC=C(C)C)O[C@H](CO)[C@@H](O)[C@@H]1O[C@@H]1O[C@H](CO)[C@H](O)[C@H](O)[C@H]1O. The van der Waals surface area contributed by atoms with Gasteiger partial charge in [0.1, 0.15) is 48.8 Å². The summed E-state index contributed by atoms with van der Waals surface area (Å²) in [6.45, 7) is 25.0. The number of carbonyl (C=O) groups excluding carboxylic acids is 1. The molecule has 89 heavy (non-hydrogen) atoms. The van der Waals surface area contributed by atoms with Crippen molar-refractivity contribution in [1.82, 2.24) is 5.32 Å². The van der Waals surface area contributed by atoms with Gasteiger partial charge in [-0.2, -0.15) is 4.31 Å². The molecule has 20 heteroatoms. The number of rotatable bonds is 42. The zero-order chi connectivity index (χ0) is 66.7. The van der Waals surface area contributed by atoms with E-state index in [1.807, 2.05) is 0 Å². The fourth-order valence-corrected chi connectivity index (χ4v) is 12.2. The Bertz CT molecular complexity index is 2590. The van der Waals surface area contributed by atoms with Crippen molar-refractivity contribution < 1.29 is 81.9 Å². The summed E-state index contributed by atoms with van der Waals surface area (Å²) >= 11 is 0. The van der Waals surface area contributed by atoms with E-state index in [1.165, 1.54) is 61.8 Å². The van der Waals surface area contributed by atoms with Gasteiger partial charge in [-0.05, 0) is 212 Å². The summed E-state index contributed by atoms with van der Waals surface area (Å²) in [6.07, 6.45) is 29.6. The average Bonchev–Trinajstić information content (AvgIpc) is 1.01. The van der Waals surface area contributed by atoms with Crippen LogP contribution in [0.1, 0.15) is 218 Å².